The zero-order chi connectivity index (χ0) is 12.1. The Morgan fingerprint density at radius 2 is 2.35 bits per heavy atom. The highest BCUT2D eigenvalue weighted by Crippen LogP contribution is 2.10. The number of nitrogens with zero attached hydrogens (tertiary/aromatic N) is 4. The van der Waals surface area contributed by atoms with Crippen molar-refractivity contribution in [2.45, 2.75) is 20.0 Å². The van der Waals surface area contributed by atoms with Crippen molar-refractivity contribution in [1.29, 1.82) is 5.26 Å². The largest absolute Gasteiger partial charge is 0.378 e. The molecule has 0 amide bonds. The molecule has 2 aromatic rings. The first-order chi connectivity index (χ1) is 8.33. The van der Waals surface area contributed by atoms with Crippen LogP contribution in [0, 0.1) is 11.3 Å². The van der Waals surface area contributed by atoms with E-state index in [1.54, 1.807) is 12.4 Å². The van der Waals surface area contributed by atoms with Crippen LogP contribution in [-0.2, 0) is 13.1 Å². The number of hydrogen-bond donors (Lipinski definition) is 1. The molecule has 5 nitrogen and oxygen atoms in total. The van der Waals surface area contributed by atoms with Gasteiger partial charge in [-0.2, -0.15) is 5.26 Å². The van der Waals surface area contributed by atoms with Gasteiger partial charge < -0.3 is 9.88 Å². The number of anilines is 1. The molecule has 1 aromatic heterocycles. The number of hydrogen-bond acceptors (Lipinski definition) is 4. The molecule has 0 radical (unpaired) electrons. The van der Waals surface area contributed by atoms with Crippen LogP contribution >= 0.6 is 0 Å². The van der Waals surface area contributed by atoms with E-state index >= 15 is 0 Å². The Bertz CT molecular complexity index is 538. The minimum Gasteiger partial charge on any atom is -0.378 e. The van der Waals surface area contributed by atoms with Crippen LogP contribution in [0.2, 0.25) is 0 Å². The SMILES string of the molecule is CCn1cnnc1CNc1cccc(C#N)c1. The van der Waals surface area contributed by atoms with E-state index in [2.05, 4.69) is 21.6 Å². The molecule has 0 atom stereocenters. The first-order valence-corrected chi connectivity index (χ1v) is 5.44. The van der Waals surface area contributed by atoms with E-state index in [0.717, 1.165) is 18.1 Å². The van der Waals surface area contributed by atoms with Gasteiger partial charge in [0.1, 0.15) is 6.33 Å². The number of nitriles is 1. The zero-order valence-electron chi connectivity index (χ0n) is 9.59. The molecule has 1 N–H and O–H groups in total. The summed E-state index contributed by atoms with van der Waals surface area (Å²) >= 11 is 0. The van der Waals surface area contributed by atoms with Gasteiger partial charge in [0.25, 0.3) is 0 Å². The summed E-state index contributed by atoms with van der Waals surface area (Å²) in [7, 11) is 0. The first-order valence-electron chi connectivity index (χ1n) is 5.44. The Kier molecular flexibility index (Phi) is 3.36. The van der Waals surface area contributed by atoms with Gasteiger partial charge in [0.15, 0.2) is 5.82 Å². The Balaban J connectivity index is 2.05. The molecule has 0 aliphatic rings. The molecule has 0 saturated carbocycles. The van der Waals surface area contributed by atoms with Crippen molar-refractivity contribution in [2.75, 3.05) is 5.32 Å². The zero-order valence-corrected chi connectivity index (χ0v) is 9.59. The van der Waals surface area contributed by atoms with Crippen molar-refractivity contribution in [2.24, 2.45) is 0 Å². The lowest BCUT2D eigenvalue weighted by Crippen LogP contribution is -2.07. The van der Waals surface area contributed by atoms with Crippen molar-refractivity contribution < 1.29 is 0 Å². The summed E-state index contributed by atoms with van der Waals surface area (Å²) in [4.78, 5) is 0. The summed E-state index contributed by atoms with van der Waals surface area (Å²) in [6.07, 6.45) is 1.71. The summed E-state index contributed by atoms with van der Waals surface area (Å²) in [5.74, 6) is 0.884. The summed E-state index contributed by atoms with van der Waals surface area (Å²) in [6.45, 7) is 3.49. The molecular weight excluding hydrogens is 214 g/mol. The molecule has 1 aromatic carbocycles. The van der Waals surface area contributed by atoms with Gasteiger partial charge in [-0.05, 0) is 25.1 Å². The van der Waals surface area contributed by atoms with Gasteiger partial charge in [-0.25, -0.2) is 0 Å². The molecule has 0 aliphatic carbocycles. The van der Waals surface area contributed by atoms with E-state index < -0.39 is 0 Å². The van der Waals surface area contributed by atoms with Gasteiger partial charge >= 0.3 is 0 Å². The third-order valence-electron chi connectivity index (χ3n) is 2.48. The average Bonchev–Trinajstić information content (AvgIpc) is 2.84. The molecule has 1 heterocycles. The van der Waals surface area contributed by atoms with Crippen LogP contribution in [0.4, 0.5) is 5.69 Å². The predicted molar refractivity (Wildman–Crippen MR) is 64.2 cm³/mol. The van der Waals surface area contributed by atoms with Crippen LogP contribution in [0.25, 0.3) is 0 Å². The fourth-order valence-corrected chi connectivity index (χ4v) is 1.56. The van der Waals surface area contributed by atoms with Crippen molar-refractivity contribution in [3.05, 3.63) is 42.0 Å². The van der Waals surface area contributed by atoms with E-state index in [9.17, 15) is 0 Å². The summed E-state index contributed by atoms with van der Waals surface area (Å²) in [5.41, 5.74) is 1.56. The molecular formula is C12H13N5. The van der Waals surface area contributed by atoms with Gasteiger partial charge in [0.2, 0.25) is 0 Å². The molecule has 0 unspecified atom stereocenters. The highest BCUT2D eigenvalue weighted by molar-refractivity contribution is 5.49. The van der Waals surface area contributed by atoms with Crippen molar-refractivity contribution >= 4 is 5.69 Å². The van der Waals surface area contributed by atoms with E-state index in [0.29, 0.717) is 12.1 Å². The lowest BCUT2D eigenvalue weighted by Gasteiger charge is -2.06. The van der Waals surface area contributed by atoms with Gasteiger partial charge in [0, 0.05) is 12.2 Å². The van der Waals surface area contributed by atoms with Crippen LogP contribution in [0.1, 0.15) is 18.3 Å². The van der Waals surface area contributed by atoms with Crippen molar-refractivity contribution in [3.8, 4) is 6.07 Å². The van der Waals surface area contributed by atoms with Crippen LogP contribution in [-0.4, -0.2) is 14.8 Å². The second-order valence-corrected chi connectivity index (χ2v) is 3.58. The normalized spacial score (nSPS) is 9.88. The summed E-state index contributed by atoms with van der Waals surface area (Å²) in [5, 5.41) is 19.9. The van der Waals surface area contributed by atoms with Crippen LogP contribution in [0.15, 0.2) is 30.6 Å². The average molecular weight is 227 g/mol. The van der Waals surface area contributed by atoms with Crippen molar-refractivity contribution in [3.63, 3.8) is 0 Å². The molecule has 0 spiro atoms. The third kappa shape index (κ3) is 2.61. The molecule has 86 valence electrons. The van der Waals surface area contributed by atoms with Gasteiger partial charge in [-0.15, -0.1) is 10.2 Å². The van der Waals surface area contributed by atoms with Crippen LogP contribution < -0.4 is 5.32 Å². The molecule has 0 fully saturated rings. The van der Waals surface area contributed by atoms with Gasteiger partial charge in [-0.3, -0.25) is 0 Å². The Labute approximate surface area is 99.7 Å². The molecule has 2 rings (SSSR count). The molecule has 0 aliphatic heterocycles. The Morgan fingerprint density at radius 1 is 1.47 bits per heavy atom. The quantitative estimate of drug-likeness (QED) is 0.864. The number of rotatable bonds is 4. The smallest absolute Gasteiger partial charge is 0.152 e. The highest BCUT2D eigenvalue weighted by atomic mass is 15.3. The van der Waals surface area contributed by atoms with Crippen molar-refractivity contribution in [1.82, 2.24) is 14.8 Å². The van der Waals surface area contributed by atoms with E-state index in [4.69, 9.17) is 5.26 Å². The van der Waals surface area contributed by atoms with E-state index in [1.165, 1.54) is 0 Å². The second kappa shape index (κ2) is 5.12. The van der Waals surface area contributed by atoms with Gasteiger partial charge in [0.05, 0.1) is 18.2 Å². The maximum absolute atomic E-state index is 8.79. The molecule has 5 heteroatoms. The topological polar surface area (TPSA) is 66.5 Å². The number of aromatic nitrogens is 3. The third-order valence-corrected chi connectivity index (χ3v) is 2.48. The molecule has 17 heavy (non-hydrogen) atoms. The minimum atomic E-state index is 0.600. The maximum Gasteiger partial charge on any atom is 0.152 e. The molecule has 0 saturated heterocycles. The lowest BCUT2D eigenvalue weighted by atomic mass is 10.2. The molecule has 0 bridgehead atoms. The number of nitrogens with one attached hydrogen (secondary N) is 1. The summed E-state index contributed by atoms with van der Waals surface area (Å²) in [6, 6.07) is 9.48. The van der Waals surface area contributed by atoms with Crippen LogP contribution in [0.5, 0.6) is 0 Å². The number of benzene rings is 1. The fraction of sp³-hybridized carbons (Fsp3) is 0.250. The number of aryl methyl sites for hydroxylation is 1. The van der Waals surface area contributed by atoms with Gasteiger partial charge in [-0.1, -0.05) is 6.07 Å². The van der Waals surface area contributed by atoms with Crippen LogP contribution in [0.3, 0.4) is 0 Å². The predicted octanol–water partition coefficient (Wildman–Crippen LogP) is 1.78. The lowest BCUT2D eigenvalue weighted by molar-refractivity contribution is 0.708. The fourth-order valence-electron chi connectivity index (χ4n) is 1.56. The Hall–Kier alpha value is -2.35. The highest BCUT2D eigenvalue weighted by Gasteiger charge is 2.02. The Morgan fingerprint density at radius 3 is 3.12 bits per heavy atom. The van der Waals surface area contributed by atoms with E-state index in [-0.39, 0.29) is 0 Å². The maximum atomic E-state index is 8.79. The second-order valence-electron chi connectivity index (χ2n) is 3.58. The standard InChI is InChI=1S/C12H13N5/c1-2-17-9-15-16-12(17)8-14-11-5-3-4-10(6-11)7-13/h3-6,9,14H,2,8H2,1H3. The monoisotopic (exact) mass is 227 g/mol. The first kappa shape index (κ1) is 11.1. The van der Waals surface area contributed by atoms with E-state index in [1.807, 2.05) is 29.7 Å². The minimum absolute atomic E-state index is 0.600. The summed E-state index contributed by atoms with van der Waals surface area (Å²) < 4.78 is 1.97.